The normalized spacial score (nSPS) is 16.6. The van der Waals surface area contributed by atoms with Gasteiger partial charge in [-0.1, -0.05) is 15.9 Å². The molecule has 0 bridgehead atoms. The Balaban J connectivity index is 1.96. The van der Waals surface area contributed by atoms with Crippen LogP contribution in [0.2, 0.25) is 0 Å². The predicted molar refractivity (Wildman–Crippen MR) is 78.1 cm³/mol. The summed E-state index contributed by atoms with van der Waals surface area (Å²) in [4.78, 5) is 15.6. The zero-order valence-electron chi connectivity index (χ0n) is 11.2. The molecule has 0 aromatic heterocycles. The first-order valence-corrected chi connectivity index (χ1v) is 7.16. The predicted octanol–water partition coefficient (Wildman–Crippen LogP) is 2.85. The quantitative estimate of drug-likeness (QED) is 0.833. The van der Waals surface area contributed by atoms with Gasteiger partial charge in [-0.25, -0.2) is 4.39 Å². The summed E-state index contributed by atoms with van der Waals surface area (Å²) in [5.74, 6) is -0.414. The third-order valence-corrected chi connectivity index (χ3v) is 3.80. The fraction of sp³-hybridized carbons (Fsp3) is 0.500. The number of benzene rings is 1. The molecule has 1 saturated heterocycles. The van der Waals surface area contributed by atoms with Gasteiger partial charge in [0, 0.05) is 36.3 Å². The Morgan fingerprint density at radius 3 is 2.16 bits per heavy atom. The highest BCUT2D eigenvalue weighted by molar-refractivity contribution is 9.10. The van der Waals surface area contributed by atoms with Gasteiger partial charge >= 0.3 is 0 Å². The number of hydrogen-bond donors (Lipinski definition) is 0. The van der Waals surface area contributed by atoms with Crippen LogP contribution in [0.4, 0.5) is 10.1 Å². The van der Waals surface area contributed by atoms with Crippen LogP contribution in [0.1, 0.15) is 13.8 Å². The maximum Gasteiger partial charge on any atom is 0.259 e. The van der Waals surface area contributed by atoms with E-state index in [0.29, 0.717) is 13.1 Å². The molecule has 0 unspecified atom stereocenters. The smallest absolute Gasteiger partial charge is 0.259 e. The number of amides is 1. The minimum atomic E-state index is -1.78. The molecule has 1 amide bonds. The van der Waals surface area contributed by atoms with Crippen molar-refractivity contribution >= 4 is 27.5 Å². The number of alkyl halides is 1. The highest BCUT2D eigenvalue weighted by atomic mass is 79.9. The van der Waals surface area contributed by atoms with Gasteiger partial charge in [0.1, 0.15) is 0 Å². The number of carbonyl (C=O) groups is 1. The molecule has 0 saturated carbocycles. The van der Waals surface area contributed by atoms with E-state index in [4.69, 9.17) is 0 Å². The molecule has 0 spiro atoms. The minimum Gasteiger partial charge on any atom is -0.368 e. The molecule has 0 radical (unpaired) electrons. The lowest BCUT2D eigenvalue weighted by molar-refractivity contribution is -0.142. The molecule has 1 aliphatic heterocycles. The van der Waals surface area contributed by atoms with Crippen molar-refractivity contribution in [2.45, 2.75) is 19.5 Å². The second kappa shape index (κ2) is 5.49. The molecule has 1 heterocycles. The molecule has 2 rings (SSSR count). The van der Waals surface area contributed by atoms with Crippen molar-refractivity contribution in [3.8, 4) is 0 Å². The van der Waals surface area contributed by atoms with Crippen LogP contribution in [-0.4, -0.2) is 42.7 Å². The number of hydrogen-bond acceptors (Lipinski definition) is 2. The van der Waals surface area contributed by atoms with Crippen molar-refractivity contribution in [1.82, 2.24) is 4.90 Å². The summed E-state index contributed by atoms with van der Waals surface area (Å²) in [5.41, 5.74) is -0.644. The molecule has 0 N–H and O–H groups in total. The Labute approximate surface area is 121 Å². The summed E-state index contributed by atoms with van der Waals surface area (Å²) in [6.45, 7) is 5.25. The van der Waals surface area contributed by atoms with Crippen LogP contribution in [0.15, 0.2) is 28.7 Å². The number of nitrogens with zero attached hydrogens (tertiary/aromatic N) is 2. The van der Waals surface area contributed by atoms with Gasteiger partial charge in [-0.15, -0.1) is 0 Å². The van der Waals surface area contributed by atoms with Crippen molar-refractivity contribution < 1.29 is 9.18 Å². The standard InChI is InChI=1S/C14H18BrFN2O/c1-14(2,16)13(19)18-9-7-17(8-10-18)12-5-3-11(15)4-6-12/h3-6H,7-10H2,1-2H3. The van der Waals surface area contributed by atoms with Gasteiger partial charge in [0.2, 0.25) is 0 Å². The number of piperazine rings is 1. The van der Waals surface area contributed by atoms with Gasteiger partial charge < -0.3 is 9.80 Å². The van der Waals surface area contributed by atoms with E-state index < -0.39 is 11.6 Å². The lowest BCUT2D eigenvalue weighted by atomic mass is 10.1. The summed E-state index contributed by atoms with van der Waals surface area (Å²) in [6.07, 6.45) is 0. The highest BCUT2D eigenvalue weighted by Crippen LogP contribution is 2.21. The van der Waals surface area contributed by atoms with E-state index in [1.165, 1.54) is 13.8 Å². The fourth-order valence-corrected chi connectivity index (χ4v) is 2.46. The van der Waals surface area contributed by atoms with Crippen molar-refractivity contribution in [3.63, 3.8) is 0 Å². The van der Waals surface area contributed by atoms with E-state index in [2.05, 4.69) is 20.8 Å². The van der Waals surface area contributed by atoms with E-state index in [0.717, 1.165) is 23.2 Å². The van der Waals surface area contributed by atoms with E-state index in [1.54, 1.807) is 4.90 Å². The summed E-state index contributed by atoms with van der Waals surface area (Å²) in [5, 5.41) is 0. The van der Waals surface area contributed by atoms with Crippen molar-refractivity contribution in [1.29, 1.82) is 0 Å². The molecule has 5 heteroatoms. The summed E-state index contributed by atoms with van der Waals surface area (Å²) in [7, 11) is 0. The molecule has 0 atom stereocenters. The lowest BCUT2D eigenvalue weighted by Crippen LogP contribution is -2.53. The van der Waals surface area contributed by atoms with Gasteiger partial charge in [-0.3, -0.25) is 4.79 Å². The molecular formula is C14H18BrFN2O. The van der Waals surface area contributed by atoms with Crippen molar-refractivity contribution in [2.75, 3.05) is 31.1 Å². The Morgan fingerprint density at radius 1 is 1.16 bits per heavy atom. The first kappa shape index (κ1) is 14.3. The lowest BCUT2D eigenvalue weighted by Gasteiger charge is -2.37. The molecule has 104 valence electrons. The van der Waals surface area contributed by atoms with Gasteiger partial charge in [0.05, 0.1) is 0 Å². The maximum atomic E-state index is 13.6. The van der Waals surface area contributed by atoms with Crippen LogP contribution < -0.4 is 4.90 Å². The first-order valence-electron chi connectivity index (χ1n) is 6.37. The van der Waals surface area contributed by atoms with E-state index in [-0.39, 0.29) is 0 Å². The Bertz CT molecular complexity index is 448. The third-order valence-electron chi connectivity index (χ3n) is 3.27. The van der Waals surface area contributed by atoms with Crippen LogP contribution in [0.5, 0.6) is 0 Å². The number of halogens is 2. The molecule has 1 fully saturated rings. The molecular weight excluding hydrogens is 311 g/mol. The van der Waals surface area contributed by atoms with Crippen LogP contribution in [0.25, 0.3) is 0 Å². The summed E-state index contributed by atoms with van der Waals surface area (Å²) in [6, 6.07) is 8.08. The van der Waals surface area contributed by atoms with E-state index in [1.807, 2.05) is 24.3 Å². The summed E-state index contributed by atoms with van der Waals surface area (Å²) < 4.78 is 14.7. The van der Waals surface area contributed by atoms with Crippen LogP contribution in [-0.2, 0) is 4.79 Å². The van der Waals surface area contributed by atoms with E-state index >= 15 is 0 Å². The Hall–Kier alpha value is -1.10. The second-order valence-corrected chi connectivity index (χ2v) is 6.14. The number of anilines is 1. The van der Waals surface area contributed by atoms with Crippen molar-refractivity contribution in [3.05, 3.63) is 28.7 Å². The van der Waals surface area contributed by atoms with Crippen LogP contribution in [0, 0.1) is 0 Å². The summed E-state index contributed by atoms with van der Waals surface area (Å²) >= 11 is 3.41. The molecule has 3 nitrogen and oxygen atoms in total. The average Bonchev–Trinajstić information content (AvgIpc) is 2.38. The van der Waals surface area contributed by atoms with Crippen LogP contribution in [0.3, 0.4) is 0 Å². The van der Waals surface area contributed by atoms with Gasteiger partial charge in [0.25, 0.3) is 5.91 Å². The Morgan fingerprint density at radius 2 is 1.68 bits per heavy atom. The highest BCUT2D eigenvalue weighted by Gasteiger charge is 2.33. The SMILES string of the molecule is CC(C)(F)C(=O)N1CCN(c2ccc(Br)cc2)CC1. The van der Waals surface area contributed by atoms with Gasteiger partial charge in [-0.05, 0) is 38.1 Å². The zero-order chi connectivity index (χ0) is 14.0. The third kappa shape index (κ3) is 3.47. The van der Waals surface area contributed by atoms with Crippen LogP contribution >= 0.6 is 15.9 Å². The first-order chi connectivity index (χ1) is 8.88. The second-order valence-electron chi connectivity index (χ2n) is 5.23. The van der Waals surface area contributed by atoms with Gasteiger partial charge in [-0.2, -0.15) is 0 Å². The maximum absolute atomic E-state index is 13.6. The number of carbonyl (C=O) groups excluding carboxylic acids is 1. The average molecular weight is 329 g/mol. The molecule has 0 aliphatic carbocycles. The minimum absolute atomic E-state index is 0.414. The molecule has 1 aliphatic rings. The largest absolute Gasteiger partial charge is 0.368 e. The monoisotopic (exact) mass is 328 g/mol. The Kier molecular flexibility index (Phi) is 4.13. The fourth-order valence-electron chi connectivity index (χ4n) is 2.20. The van der Waals surface area contributed by atoms with E-state index in [9.17, 15) is 9.18 Å². The molecule has 19 heavy (non-hydrogen) atoms. The van der Waals surface area contributed by atoms with Crippen molar-refractivity contribution in [2.24, 2.45) is 0 Å². The molecule has 1 aromatic carbocycles. The zero-order valence-corrected chi connectivity index (χ0v) is 12.8. The van der Waals surface area contributed by atoms with Gasteiger partial charge in [0.15, 0.2) is 5.67 Å². The molecule has 1 aromatic rings. The number of rotatable bonds is 2. The topological polar surface area (TPSA) is 23.6 Å².